The highest BCUT2D eigenvalue weighted by molar-refractivity contribution is 5.97. The van der Waals surface area contributed by atoms with Crippen molar-refractivity contribution in [1.82, 2.24) is 15.0 Å². The molecule has 0 saturated carbocycles. The highest BCUT2D eigenvalue weighted by Gasteiger charge is 2.35. The number of alkyl halides is 3. The Kier molecular flexibility index (Phi) is 7.01. The average molecular weight is 448 g/mol. The van der Waals surface area contributed by atoms with Crippen LogP contribution in [0, 0.1) is 6.92 Å². The molecule has 0 spiro atoms. The van der Waals surface area contributed by atoms with Crippen LogP contribution in [0.2, 0.25) is 0 Å². The Hall–Kier alpha value is -3.56. The van der Waals surface area contributed by atoms with Gasteiger partial charge in [0.2, 0.25) is 0 Å². The van der Waals surface area contributed by atoms with Crippen LogP contribution in [0.15, 0.2) is 42.7 Å². The van der Waals surface area contributed by atoms with Crippen LogP contribution in [0.3, 0.4) is 0 Å². The minimum Gasteiger partial charge on any atom is -0.462 e. The summed E-state index contributed by atoms with van der Waals surface area (Å²) in [6, 6.07) is 6.56. The Morgan fingerprint density at radius 1 is 1.12 bits per heavy atom. The third kappa shape index (κ3) is 5.37. The van der Waals surface area contributed by atoms with Gasteiger partial charge in [-0.3, -0.25) is 0 Å². The van der Waals surface area contributed by atoms with Crippen molar-refractivity contribution in [3.05, 3.63) is 65.0 Å². The number of ether oxygens (including phenoxy) is 2. The maximum atomic E-state index is 13.7. The van der Waals surface area contributed by atoms with Crippen molar-refractivity contribution in [3.63, 3.8) is 0 Å². The third-order valence-corrected chi connectivity index (χ3v) is 4.74. The first kappa shape index (κ1) is 23.1. The summed E-state index contributed by atoms with van der Waals surface area (Å²) in [6.45, 7) is 3.80. The second-order valence-electron chi connectivity index (χ2n) is 7.13. The van der Waals surface area contributed by atoms with E-state index < -0.39 is 23.5 Å². The SMILES string of the molecule is CCCCOC(=O)c1c(N)ccc(Oc2ccc(Cn3nccn3)cc2C(F)(F)F)c1C. The lowest BCUT2D eigenvalue weighted by Crippen LogP contribution is -2.13. The van der Waals surface area contributed by atoms with Crippen molar-refractivity contribution in [2.75, 3.05) is 12.3 Å². The van der Waals surface area contributed by atoms with Gasteiger partial charge in [0, 0.05) is 11.3 Å². The summed E-state index contributed by atoms with van der Waals surface area (Å²) < 4.78 is 52.0. The smallest absolute Gasteiger partial charge is 0.419 e. The molecule has 0 aliphatic rings. The van der Waals surface area contributed by atoms with Crippen molar-refractivity contribution >= 4 is 11.7 Å². The molecule has 0 bridgehead atoms. The topological polar surface area (TPSA) is 92.3 Å². The second kappa shape index (κ2) is 9.71. The Morgan fingerprint density at radius 2 is 1.81 bits per heavy atom. The number of aromatic nitrogens is 3. The van der Waals surface area contributed by atoms with Crippen molar-refractivity contribution in [3.8, 4) is 11.5 Å². The summed E-state index contributed by atoms with van der Waals surface area (Å²) in [5, 5.41) is 7.81. The molecule has 2 N–H and O–H groups in total. The summed E-state index contributed by atoms with van der Waals surface area (Å²) in [4.78, 5) is 13.7. The number of hydrogen-bond donors (Lipinski definition) is 1. The summed E-state index contributed by atoms with van der Waals surface area (Å²) >= 11 is 0. The number of nitrogens with two attached hydrogens (primary N) is 1. The van der Waals surface area contributed by atoms with Gasteiger partial charge in [0.15, 0.2) is 0 Å². The number of halogens is 3. The highest BCUT2D eigenvalue weighted by Crippen LogP contribution is 2.40. The highest BCUT2D eigenvalue weighted by atomic mass is 19.4. The summed E-state index contributed by atoms with van der Waals surface area (Å²) in [7, 11) is 0. The van der Waals surface area contributed by atoms with Gasteiger partial charge in [-0.2, -0.15) is 28.2 Å². The van der Waals surface area contributed by atoms with Gasteiger partial charge in [-0.05, 0) is 43.2 Å². The fraction of sp³-hybridized carbons (Fsp3) is 0.318. The monoisotopic (exact) mass is 448 g/mol. The minimum atomic E-state index is -4.66. The van der Waals surface area contributed by atoms with Gasteiger partial charge in [-0.25, -0.2) is 4.79 Å². The van der Waals surface area contributed by atoms with E-state index in [1.54, 1.807) is 6.92 Å². The standard InChI is InChI=1S/C22H23F3N4O3/c1-3-4-11-31-21(30)20-14(2)18(8-6-17(20)26)32-19-7-5-15(12-16(19)22(23,24)25)13-29-27-9-10-28-29/h5-10,12H,3-4,11,13,26H2,1-2H3. The molecule has 170 valence electrons. The van der Waals surface area contributed by atoms with E-state index in [9.17, 15) is 18.0 Å². The van der Waals surface area contributed by atoms with Gasteiger partial charge in [0.25, 0.3) is 0 Å². The lowest BCUT2D eigenvalue weighted by Gasteiger charge is -2.18. The molecule has 10 heteroatoms. The normalized spacial score (nSPS) is 11.4. The van der Waals surface area contributed by atoms with Gasteiger partial charge >= 0.3 is 12.1 Å². The zero-order valence-corrected chi connectivity index (χ0v) is 17.6. The molecule has 0 saturated heterocycles. The van der Waals surface area contributed by atoms with E-state index in [0.717, 1.165) is 12.5 Å². The van der Waals surface area contributed by atoms with Crippen LogP contribution in [0.5, 0.6) is 11.5 Å². The van der Waals surface area contributed by atoms with E-state index in [0.29, 0.717) is 17.5 Å². The van der Waals surface area contributed by atoms with Crippen molar-refractivity contribution in [1.29, 1.82) is 0 Å². The van der Waals surface area contributed by atoms with Crippen LogP contribution in [0.4, 0.5) is 18.9 Å². The number of carbonyl (C=O) groups excluding carboxylic acids is 1. The molecule has 3 aromatic rings. The van der Waals surface area contributed by atoms with Crippen LogP contribution in [0.1, 0.15) is 46.8 Å². The average Bonchev–Trinajstić information content (AvgIpc) is 3.23. The quantitative estimate of drug-likeness (QED) is 0.297. The first-order valence-corrected chi connectivity index (χ1v) is 9.99. The van der Waals surface area contributed by atoms with Crippen LogP contribution in [-0.4, -0.2) is 27.6 Å². The number of anilines is 1. The molecule has 0 radical (unpaired) electrons. The fourth-order valence-electron chi connectivity index (χ4n) is 3.07. The maximum Gasteiger partial charge on any atom is 0.419 e. The molecule has 7 nitrogen and oxygen atoms in total. The molecular weight excluding hydrogens is 425 g/mol. The molecule has 32 heavy (non-hydrogen) atoms. The predicted octanol–water partition coefficient (Wildman–Crippen LogP) is 4.99. The van der Waals surface area contributed by atoms with Crippen molar-refractivity contribution in [2.45, 2.75) is 39.4 Å². The maximum absolute atomic E-state index is 13.7. The molecule has 0 amide bonds. The van der Waals surface area contributed by atoms with E-state index >= 15 is 0 Å². The number of carbonyl (C=O) groups is 1. The third-order valence-electron chi connectivity index (χ3n) is 4.74. The predicted molar refractivity (Wildman–Crippen MR) is 111 cm³/mol. The molecule has 0 unspecified atom stereocenters. The molecular formula is C22H23F3N4O3. The number of unbranched alkanes of at least 4 members (excludes halogenated alkanes) is 1. The lowest BCUT2D eigenvalue weighted by molar-refractivity contribution is -0.138. The van der Waals surface area contributed by atoms with Gasteiger partial charge in [0.05, 0.1) is 36.7 Å². The zero-order chi connectivity index (χ0) is 23.3. The van der Waals surface area contributed by atoms with Gasteiger partial charge in [0.1, 0.15) is 11.5 Å². The van der Waals surface area contributed by atoms with Gasteiger partial charge in [-0.1, -0.05) is 19.4 Å². The lowest BCUT2D eigenvalue weighted by atomic mass is 10.1. The Balaban J connectivity index is 1.92. The van der Waals surface area contributed by atoms with Gasteiger partial charge in [-0.15, -0.1) is 0 Å². The van der Waals surface area contributed by atoms with E-state index in [-0.39, 0.29) is 30.2 Å². The summed E-state index contributed by atoms with van der Waals surface area (Å²) in [5.74, 6) is -0.960. The van der Waals surface area contributed by atoms with Gasteiger partial charge < -0.3 is 15.2 Å². The van der Waals surface area contributed by atoms with E-state index in [1.807, 2.05) is 6.92 Å². The molecule has 2 aromatic carbocycles. The molecule has 0 aliphatic heterocycles. The molecule has 0 aliphatic carbocycles. The van der Waals surface area contributed by atoms with Crippen LogP contribution >= 0.6 is 0 Å². The Bertz CT molecular complexity index is 1080. The zero-order valence-electron chi connectivity index (χ0n) is 17.6. The van der Waals surface area contributed by atoms with E-state index in [4.69, 9.17) is 15.2 Å². The van der Waals surface area contributed by atoms with Crippen molar-refractivity contribution < 1.29 is 27.4 Å². The number of nitrogens with zero attached hydrogens (tertiary/aromatic N) is 3. The molecule has 0 fully saturated rings. The second-order valence-corrected chi connectivity index (χ2v) is 7.13. The Morgan fingerprint density at radius 3 is 2.47 bits per heavy atom. The summed E-state index contributed by atoms with van der Waals surface area (Å²) in [6.07, 6.45) is -0.242. The molecule has 3 rings (SSSR count). The van der Waals surface area contributed by atoms with Crippen LogP contribution in [0.25, 0.3) is 0 Å². The Labute approximate surface area is 182 Å². The van der Waals surface area contributed by atoms with Crippen LogP contribution < -0.4 is 10.5 Å². The van der Waals surface area contributed by atoms with Crippen LogP contribution in [-0.2, 0) is 17.5 Å². The number of rotatable bonds is 8. The first-order valence-electron chi connectivity index (χ1n) is 9.99. The number of esters is 1. The molecule has 0 atom stereocenters. The summed E-state index contributed by atoms with van der Waals surface area (Å²) in [5.41, 5.74) is 5.86. The molecule has 1 aromatic heterocycles. The number of nitrogen functional groups attached to an aromatic ring is 1. The van der Waals surface area contributed by atoms with E-state index in [1.165, 1.54) is 41.5 Å². The largest absolute Gasteiger partial charge is 0.462 e. The van der Waals surface area contributed by atoms with E-state index in [2.05, 4.69) is 10.2 Å². The number of benzene rings is 2. The fourth-order valence-corrected chi connectivity index (χ4v) is 3.07. The first-order chi connectivity index (χ1) is 15.2. The van der Waals surface area contributed by atoms with Crippen molar-refractivity contribution in [2.24, 2.45) is 0 Å². The molecule has 1 heterocycles. The number of hydrogen-bond acceptors (Lipinski definition) is 6. The minimum absolute atomic E-state index is 0.0744.